The number of hydrogen-bond donors (Lipinski definition) is 0. The standard InChI is InChI=1S/C18H22N2O3S/c1-3-13(2)20-17(21)16(24-18(20)22)12-14-4-6-15(7-5-14)19-8-10-23-11-9-19/h4-7,12-13H,3,8-11H2,1-2H3/b16-12-. The third-order valence-electron chi connectivity index (χ3n) is 4.42. The molecule has 0 aromatic heterocycles. The summed E-state index contributed by atoms with van der Waals surface area (Å²) in [6, 6.07) is 8.02. The SMILES string of the molecule is CCC(C)N1C(=O)S/C(=C\c2ccc(N3CCOCC3)cc2)C1=O. The van der Waals surface area contributed by atoms with Gasteiger partial charge in [0.1, 0.15) is 0 Å². The number of carbonyl (C=O) groups excluding carboxylic acids is 2. The number of amides is 2. The van der Waals surface area contributed by atoms with E-state index in [2.05, 4.69) is 17.0 Å². The molecule has 2 amide bonds. The second-order valence-corrected chi connectivity index (χ2v) is 6.99. The van der Waals surface area contributed by atoms with Crippen LogP contribution >= 0.6 is 11.8 Å². The Morgan fingerprint density at radius 1 is 1.21 bits per heavy atom. The summed E-state index contributed by atoms with van der Waals surface area (Å²) in [4.78, 5) is 28.6. The molecular formula is C18H22N2O3S. The van der Waals surface area contributed by atoms with E-state index in [0.29, 0.717) is 4.91 Å². The molecule has 0 spiro atoms. The van der Waals surface area contributed by atoms with E-state index in [1.165, 1.54) is 4.90 Å². The van der Waals surface area contributed by atoms with Gasteiger partial charge in [0.05, 0.1) is 18.1 Å². The van der Waals surface area contributed by atoms with Crippen molar-refractivity contribution < 1.29 is 14.3 Å². The first-order valence-electron chi connectivity index (χ1n) is 8.30. The van der Waals surface area contributed by atoms with Gasteiger partial charge in [0, 0.05) is 24.8 Å². The fourth-order valence-electron chi connectivity index (χ4n) is 2.80. The van der Waals surface area contributed by atoms with Gasteiger partial charge in [0.15, 0.2) is 0 Å². The summed E-state index contributed by atoms with van der Waals surface area (Å²) in [5.41, 5.74) is 2.09. The molecule has 0 saturated carbocycles. The maximum Gasteiger partial charge on any atom is 0.293 e. The van der Waals surface area contributed by atoms with Crippen LogP contribution in [0.15, 0.2) is 29.2 Å². The summed E-state index contributed by atoms with van der Waals surface area (Å²) in [6.45, 7) is 7.17. The van der Waals surface area contributed by atoms with Crippen LogP contribution in [-0.2, 0) is 9.53 Å². The lowest BCUT2D eigenvalue weighted by molar-refractivity contribution is -0.124. The number of rotatable bonds is 4. The lowest BCUT2D eigenvalue weighted by atomic mass is 10.1. The summed E-state index contributed by atoms with van der Waals surface area (Å²) >= 11 is 1.02. The Labute approximate surface area is 146 Å². The monoisotopic (exact) mass is 346 g/mol. The van der Waals surface area contributed by atoms with E-state index in [1.54, 1.807) is 6.08 Å². The van der Waals surface area contributed by atoms with Crippen LogP contribution in [0.3, 0.4) is 0 Å². The van der Waals surface area contributed by atoms with Crippen LogP contribution in [0.25, 0.3) is 6.08 Å². The van der Waals surface area contributed by atoms with Gasteiger partial charge in [-0.15, -0.1) is 0 Å². The molecule has 1 aromatic rings. The molecule has 0 bridgehead atoms. The van der Waals surface area contributed by atoms with Crippen molar-refractivity contribution in [3.63, 3.8) is 0 Å². The number of ether oxygens (including phenoxy) is 1. The zero-order chi connectivity index (χ0) is 17.1. The molecule has 2 saturated heterocycles. The van der Waals surface area contributed by atoms with Crippen LogP contribution in [0.5, 0.6) is 0 Å². The summed E-state index contributed by atoms with van der Waals surface area (Å²) in [6.07, 6.45) is 2.57. The lowest BCUT2D eigenvalue weighted by Gasteiger charge is -2.28. The molecule has 0 N–H and O–H groups in total. The van der Waals surface area contributed by atoms with Crippen molar-refractivity contribution in [2.45, 2.75) is 26.3 Å². The van der Waals surface area contributed by atoms with Crippen molar-refractivity contribution in [3.8, 4) is 0 Å². The molecule has 1 atom stereocenters. The third-order valence-corrected chi connectivity index (χ3v) is 5.31. The first-order chi connectivity index (χ1) is 11.6. The average molecular weight is 346 g/mol. The highest BCUT2D eigenvalue weighted by Crippen LogP contribution is 2.34. The molecule has 2 heterocycles. The molecule has 3 rings (SSSR count). The molecule has 1 aromatic carbocycles. The van der Waals surface area contributed by atoms with Crippen molar-refractivity contribution in [2.24, 2.45) is 0 Å². The maximum atomic E-state index is 12.4. The van der Waals surface area contributed by atoms with Gasteiger partial charge in [-0.25, -0.2) is 0 Å². The molecule has 2 fully saturated rings. The topological polar surface area (TPSA) is 49.9 Å². The number of carbonyl (C=O) groups is 2. The van der Waals surface area contributed by atoms with Gasteiger partial charge < -0.3 is 9.64 Å². The van der Waals surface area contributed by atoms with E-state index in [-0.39, 0.29) is 17.2 Å². The second kappa shape index (κ2) is 7.40. The molecule has 0 aliphatic carbocycles. The van der Waals surface area contributed by atoms with E-state index < -0.39 is 0 Å². The Morgan fingerprint density at radius 2 is 1.88 bits per heavy atom. The maximum absolute atomic E-state index is 12.4. The highest BCUT2D eigenvalue weighted by molar-refractivity contribution is 8.18. The van der Waals surface area contributed by atoms with Crippen molar-refractivity contribution >= 4 is 34.7 Å². The Bertz CT molecular complexity index is 651. The van der Waals surface area contributed by atoms with Gasteiger partial charge in [-0.3, -0.25) is 14.5 Å². The van der Waals surface area contributed by atoms with Crippen molar-refractivity contribution in [1.82, 2.24) is 4.90 Å². The first-order valence-corrected chi connectivity index (χ1v) is 9.11. The van der Waals surface area contributed by atoms with Crippen molar-refractivity contribution in [2.75, 3.05) is 31.2 Å². The Hall–Kier alpha value is -1.79. The number of thioether (sulfide) groups is 1. The predicted molar refractivity (Wildman–Crippen MR) is 97.0 cm³/mol. The van der Waals surface area contributed by atoms with Crippen LogP contribution in [0.4, 0.5) is 10.5 Å². The van der Waals surface area contributed by atoms with E-state index >= 15 is 0 Å². The summed E-state index contributed by atoms with van der Waals surface area (Å²) in [5, 5.41) is -0.175. The number of benzene rings is 1. The van der Waals surface area contributed by atoms with Crippen LogP contribution in [0, 0.1) is 0 Å². The summed E-state index contributed by atoms with van der Waals surface area (Å²) in [5.74, 6) is -0.184. The Morgan fingerprint density at radius 3 is 2.50 bits per heavy atom. The number of nitrogens with zero attached hydrogens (tertiary/aromatic N) is 2. The largest absolute Gasteiger partial charge is 0.378 e. The van der Waals surface area contributed by atoms with Crippen molar-refractivity contribution in [3.05, 3.63) is 34.7 Å². The van der Waals surface area contributed by atoms with Gasteiger partial charge in [-0.05, 0) is 48.9 Å². The average Bonchev–Trinajstić information content (AvgIpc) is 2.89. The van der Waals surface area contributed by atoms with Crippen molar-refractivity contribution in [1.29, 1.82) is 0 Å². The molecule has 6 heteroatoms. The molecule has 0 radical (unpaired) electrons. The second-order valence-electron chi connectivity index (χ2n) is 6.00. The minimum absolute atomic E-state index is 0.0629. The fourth-order valence-corrected chi connectivity index (χ4v) is 3.73. The Balaban J connectivity index is 1.74. The van der Waals surface area contributed by atoms with E-state index in [4.69, 9.17) is 4.74 Å². The normalized spacial score (nSPS) is 21.7. The third kappa shape index (κ3) is 3.49. The highest BCUT2D eigenvalue weighted by atomic mass is 32.2. The highest BCUT2D eigenvalue weighted by Gasteiger charge is 2.37. The van der Waals surface area contributed by atoms with Gasteiger partial charge >= 0.3 is 0 Å². The van der Waals surface area contributed by atoms with E-state index in [0.717, 1.165) is 55.7 Å². The zero-order valence-corrected chi connectivity index (χ0v) is 14.8. The van der Waals surface area contributed by atoms with Crippen LogP contribution in [0.1, 0.15) is 25.8 Å². The minimum Gasteiger partial charge on any atom is -0.378 e. The molecule has 1 unspecified atom stereocenters. The van der Waals surface area contributed by atoms with Gasteiger partial charge in [0.25, 0.3) is 11.1 Å². The van der Waals surface area contributed by atoms with Gasteiger partial charge in [0.2, 0.25) is 0 Å². The van der Waals surface area contributed by atoms with Gasteiger partial charge in [-0.1, -0.05) is 19.1 Å². The molecule has 2 aliphatic rings. The van der Waals surface area contributed by atoms with E-state index in [1.807, 2.05) is 26.0 Å². The Kier molecular flexibility index (Phi) is 5.26. The number of imide groups is 1. The quantitative estimate of drug-likeness (QED) is 0.783. The van der Waals surface area contributed by atoms with Crippen LogP contribution < -0.4 is 4.90 Å². The lowest BCUT2D eigenvalue weighted by Crippen LogP contribution is -2.36. The van der Waals surface area contributed by atoms with Crippen LogP contribution in [-0.4, -0.2) is 48.4 Å². The van der Waals surface area contributed by atoms with Crippen LogP contribution in [0.2, 0.25) is 0 Å². The minimum atomic E-state index is -0.184. The fraction of sp³-hybridized carbons (Fsp3) is 0.444. The first kappa shape index (κ1) is 17.0. The van der Waals surface area contributed by atoms with E-state index in [9.17, 15) is 9.59 Å². The molecule has 5 nitrogen and oxygen atoms in total. The number of anilines is 1. The summed E-state index contributed by atoms with van der Waals surface area (Å²) < 4.78 is 5.37. The van der Waals surface area contributed by atoms with Gasteiger partial charge in [-0.2, -0.15) is 0 Å². The number of hydrogen-bond acceptors (Lipinski definition) is 5. The predicted octanol–water partition coefficient (Wildman–Crippen LogP) is 3.36. The zero-order valence-electron chi connectivity index (χ0n) is 14.0. The molecule has 128 valence electrons. The summed E-state index contributed by atoms with van der Waals surface area (Å²) in [7, 11) is 0. The molecule has 2 aliphatic heterocycles. The smallest absolute Gasteiger partial charge is 0.293 e. The molecule has 24 heavy (non-hydrogen) atoms. The number of morpholine rings is 1. The molecular weight excluding hydrogens is 324 g/mol.